The highest BCUT2D eigenvalue weighted by Gasteiger charge is 2.41. The third-order valence-corrected chi connectivity index (χ3v) is 1.41. The van der Waals surface area contributed by atoms with Gasteiger partial charge in [-0.2, -0.15) is 0 Å². The van der Waals surface area contributed by atoms with Gasteiger partial charge in [0, 0.05) is 0 Å². The van der Waals surface area contributed by atoms with E-state index < -0.39 is 24.6 Å². The molecule has 0 aliphatic carbocycles. The molecule has 0 radical (unpaired) electrons. The number of hydrogen-bond acceptors (Lipinski definition) is 5. The van der Waals surface area contributed by atoms with Gasteiger partial charge >= 0.3 is 0 Å². The smallest absolute Gasteiger partial charge is 0.184 e. The summed E-state index contributed by atoms with van der Waals surface area (Å²) in [7, 11) is 0. The Hall–Kier alpha value is -0.490. The number of aliphatic hydroxyl groups excluding tert-OH is 3. The van der Waals surface area contributed by atoms with Crippen LogP contribution in [0.25, 0.3) is 0 Å². The lowest BCUT2D eigenvalue weighted by atomic mass is 10.1. The van der Waals surface area contributed by atoms with Gasteiger partial charge in [-0.25, -0.2) is 0 Å². The molecule has 0 aromatic rings. The van der Waals surface area contributed by atoms with E-state index in [4.69, 9.17) is 15.3 Å². The number of ether oxygens (including phenoxy) is 1. The summed E-state index contributed by atoms with van der Waals surface area (Å²) >= 11 is 0. The zero-order valence-corrected chi connectivity index (χ0v) is 5.04. The Morgan fingerprint density at radius 3 is 2.00 bits per heavy atom. The van der Waals surface area contributed by atoms with Crippen LogP contribution < -0.4 is 0 Å². The molecule has 10 heavy (non-hydrogen) atoms. The second-order valence-electron chi connectivity index (χ2n) is 2.11. The van der Waals surface area contributed by atoms with E-state index >= 15 is 0 Å². The lowest BCUT2D eigenvalue weighted by Crippen LogP contribution is -2.32. The van der Waals surface area contributed by atoms with Crippen molar-refractivity contribution in [2.45, 2.75) is 24.6 Å². The van der Waals surface area contributed by atoms with Gasteiger partial charge in [-0.1, -0.05) is 0 Å². The number of rotatable bonds is 1. The minimum Gasteiger partial charge on any atom is -0.387 e. The van der Waals surface area contributed by atoms with Gasteiger partial charge in [0.1, 0.15) is 18.3 Å². The van der Waals surface area contributed by atoms with Crippen molar-refractivity contribution >= 4 is 6.29 Å². The molecule has 4 atom stereocenters. The predicted octanol–water partition coefficient (Wildman–Crippen LogP) is -2.38. The summed E-state index contributed by atoms with van der Waals surface area (Å²) in [6.07, 6.45) is -4.91. The van der Waals surface area contributed by atoms with Crippen LogP contribution >= 0.6 is 0 Å². The fourth-order valence-electron chi connectivity index (χ4n) is 0.798. The standard InChI is InChI=1S/C5H8O5/c6-1-2-3(7)4(8)5(9)10-2/h1-5,7-9H/t2-,3-,4+,5+/m0/s1. The number of carbonyl (C=O) groups is 1. The molecule has 0 unspecified atom stereocenters. The first kappa shape index (κ1) is 7.62. The third kappa shape index (κ3) is 1.04. The molecule has 1 fully saturated rings. The summed E-state index contributed by atoms with van der Waals surface area (Å²) in [4.78, 5) is 10.0. The maximum atomic E-state index is 10.0. The Morgan fingerprint density at radius 1 is 1.20 bits per heavy atom. The zero-order chi connectivity index (χ0) is 7.72. The highest BCUT2D eigenvalue weighted by molar-refractivity contribution is 5.58. The van der Waals surface area contributed by atoms with Gasteiger partial charge in [-0.15, -0.1) is 0 Å². The SMILES string of the molecule is O=C[C@@H]1O[C@@H](O)[C@H](O)[C@H]1O. The van der Waals surface area contributed by atoms with Crippen molar-refractivity contribution in [3.8, 4) is 0 Å². The molecule has 0 spiro atoms. The van der Waals surface area contributed by atoms with Crippen LogP contribution in [0.1, 0.15) is 0 Å². The van der Waals surface area contributed by atoms with Crippen LogP contribution in [-0.2, 0) is 9.53 Å². The lowest BCUT2D eigenvalue weighted by molar-refractivity contribution is -0.140. The first-order chi connectivity index (χ1) is 4.66. The van der Waals surface area contributed by atoms with Crippen molar-refractivity contribution in [2.24, 2.45) is 0 Å². The normalized spacial score (nSPS) is 47.5. The molecule has 1 heterocycles. The minimum absolute atomic E-state index is 0.337. The van der Waals surface area contributed by atoms with Crippen LogP contribution in [0.4, 0.5) is 0 Å². The molecule has 0 amide bonds. The van der Waals surface area contributed by atoms with Gasteiger partial charge in [0.05, 0.1) is 0 Å². The summed E-state index contributed by atoms with van der Waals surface area (Å²) in [6.45, 7) is 0. The van der Waals surface area contributed by atoms with E-state index in [0.29, 0.717) is 6.29 Å². The van der Waals surface area contributed by atoms with Crippen molar-refractivity contribution < 1.29 is 24.9 Å². The van der Waals surface area contributed by atoms with Crippen LogP contribution in [-0.4, -0.2) is 46.2 Å². The lowest BCUT2D eigenvalue weighted by Gasteiger charge is -2.06. The number of aldehydes is 1. The van der Waals surface area contributed by atoms with E-state index in [9.17, 15) is 4.79 Å². The Kier molecular flexibility index (Phi) is 2.00. The fourth-order valence-corrected chi connectivity index (χ4v) is 0.798. The van der Waals surface area contributed by atoms with Crippen LogP contribution in [0.3, 0.4) is 0 Å². The van der Waals surface area contributed by atoms with Gasteiger partial charge in [0.15, 0.2) is 12.6 Å². The Balaban J connectivity index is 2.61. The Labute approximate surface area is 56.9 Å². The van der Waals surface area contributed by atoms with Crippen molar-refractivity contribution in [2.75, 3.05) is 0 Å². The molecule has 1 saturated heterocycles. The summed E-state index contributed by atoms with van der Waals surface area (Å²) < 4.78 is 4.42. The van der Waals surface area contributed by atoms with Gasteiger partial charge in [-0.3, -0.25) is 0 Å². The predicted molar refractivity (Wildman–Crippen MR) is 29.0 cm³/mol. The van der Waals surface area contributed by atoms with Crippen molar-refractivity contribution in [1.29, 1.82) is 0 Å². The van der Waals surface area contributed by atoms with Crippen LogP contribution in [0.15, 0.2) is 0 Å². The van der Waals surface area contributed by atoms with E-state index in [1.54, 1.807) is 0 Å². The molecule has 1 rings (SSSR count). The molecule has 1 aliphatic rings. The summed E-state index contributed by atoms with van der Waals surface area (Å²) in [6, 6.07) is 0. The highest BCUT2D eigenvalue weighted by atomic mass is 16.6. The Bertz CT molecular complexity index is 136. The summed E-state index contributed by atoms with van der Waals surface area (Å²) in [5.74, 6) is 0. The van der Waals surface area contributed by atoms with E-state index in [2.05, 4.69) is 4.74 Å². The topological polar surface area (TPSA) is 87.0 Å². The largest absolute Gasteiger partial charge is 0.387 e. The summed E-state index contributed by atoms with van der Waals surface area (Å²) in [5, 5.41) is 26.3. The molecule has 0 bridgehead atoms. The summed E-state index contributed by atoms with van der Waals surface area (Å²) in [5.41, 5.74) is 0. The average Bonchev–Trinajstić information content (AvgIpc) is 2.17. The third-order valence-electron chi connectivity index (χ3n) is 1.41. The van der Waals surface area contributed by atoms with Gasteiger partial charge in [0.25, 0.3) is 0 Å². The molecule has 0 aromatic carbocycles. The highest BCUT2D eigenvalue weighted by Crippen LogP contribution is 2.17. The van der Waals surface area contributed by atoms with Crippen molar-refractivity contribution in [3.63, 3.8) is 0 Å². The second kappa shape index (κ2) is 2.63. The maximum absolute atomic E-state index is 10.0. The van der Waals surface area contributed by atoms with E-state index in [1.807, 2.05) is 0 Å². The van der Waals surface area contributed by atoms with Crippen molar-refractivity contribution in [3.05, 3.63) is 0 Å². The number of aliphatic hydroxyl groups is 3. The van der Waals surface area contributed by atoms with Gasteiger partial charge in [-0.05, 0) is 0 Å². The second-order valence-corrected chi connectivity index (χ2v) is 2.11. The molecule has 3 N–H and O–H groups in total. The zero-order valence-electron chi connectivity index (χ0n) is 5.04. The van der Waals surface area contributed by atoms with Crippen molar-refractivity contribution in [1.82, 2.24) is 0 Å². The molecule has 5 nitrogen and oxygen atoms in total. The quantitative estimate of drug-likeness (QED) is 0.361. The molecule has 1 aliphatic heterocycles. The number of carbonyl (C=O) groups excluding carboxylic acids is 1. The minimum atomic E-state index is -1.45. The Morgan fingerprint density at radius 2 is 1.80 bits per heavy atom. The van der Waals surface area contributed by atoms with Gasteiger partial charge < -0.3 is 24.9 Å². The molecular formula is C5H8O5. The van der Waals surface area contributed by atoms with E-state index in [1.165, 1.54) is 0 Å². The van der Waals surface area contributed by atoms with Crippen LogP contribution in [0.5, 0.6) is 0 Å². The molecule has 0 aromatic heterocycles. The van der Waals surface area contributed by atoms with Crippen LogP contribution in [0, 0.1) is 0 Å². The fraction of sp³-hybridized carbons (Fsp3) is 0.800. The molecule has 5 heteroatoms. The molecule has 0 saturated carbocycles. The average molecular weight is 148 g/mol. The van der Waals surface area contributed by atoms with E-state index in [-0.39, 0.29) is 0 Å². The van der Waals surface area contributed by atoms with E-state index in [0.717, 1.165) is 0 Å². The van der Waals surface area contributed by atoms with Gasteiger partial charge in [0.2, 0.25) is 0 Å². The first-order valence-electron chi connectivity index (χ1n) is 2.82. The van der Waals surface area contributed by atoms with Crippen LogP contribution in [0.2, 0.25) is 0 Å². The first-order valence-corrected chi connectivity index (χ1v) is 2.82. The molecule has 58 valence electrons. The number of hydrogen-bond donors (Lipinski definition) is 3. The molecular weight excluding hydrogens is 140 g/mol. The maximum Gasteiger partial charge on any atom is 0.184 e. The monoisotopic (exact) mass is 148 g/mol.